The minimum Gasteiger partial charge on any atom is -0.233 e. The number of aryl methyl sites for hydroxylation is 3. The first kappa shape index (κ1) is 17.2. The third-order valence-corrected chi connectivity index (χ3v) is 7.15. The van der Waals surface area contributed by atoms with Crippen LogP contribution in [0.25, 0.3) is 5.65 Å². The molecule has 0 amide bonds. The lowest BCUT2D eigenvalue weighted by Gasteiger charge is -2.16. The van der Waals surface area contributed by atoms with Crippen LogP contribution in [0.2, 0.25) is 0 Å². The van der Waals surface area contributed by atoms with E-state index in [0.717, 1.165) is 45.8 Å². The summed E-state index contributed by atoms with van der Waals surface area (Å²) in [6.45, 7) is 8.66. The number of rotatable bonds is 3. The maximum atomic E-state index is 13.0. The number of hydrogen-bond donors (Lipinski definition) is 0. The molecule has 26 heavy (non-hydrogen) atoms. The third kappa shape index (κ3) is 2.46. The van der Waals surface area contributed by atoms with E-state index in [4.69, 9.17) is 0 Å². The molecule has 2 aromatic heterocycles. The Morgan fingerprint density at radius 3 is 2.42 bits per heavy atom. The Balaban J connectivity index is 1.72. The summed E-state index contributed by atoms with van der Waals surface area (Å²) >= 11 is 0. The molecule has 0 spiro atoms. The van der Waals surface area contributed by atoms with Crippen molar-refractivity contribution in [3.8, 4) is 0 Å². The number of benzene rings is 1. The molecule has 0 radical (unpaired) electrons. The van der Waals surface area contributed by atoms with Gasteiger partial charge in [0.25, 0.3) is 0 Å². The molecule has 0 atom stereocenters. The van der Waals surface area contributed by atoms with Crippen LogP contribution in [-0.4, -0.2) is 27.3 Å². The molecule has 3 aromatic rings. The van der Waals surface area contributed by atoms with Gasteiger partial charge in [-0.3, -0.25) is 0 Å². The number of hydrogen-bond acceptors (Lipinski definition) is 4. The fraction of sp³-hybridized carbons (Fsp3) is 0.368. The molecule has 0 N–H and O–H groups in total. The van der Waals surface area contributed by atoms with Gasteiger partial charge in [-0.2, -0.15) is 9.40 Å². The molecule has 3 heterocycles. The Kier molecular flexibility index (Phi) is 3.89. The van der Waals surface area contributed by atoms with Crippen molar-refractivity contribution in [2.75, 3.05) is 0 Å². The molecule has 6 nitrogen and oxygen atoms in total. The van der Waals surface area contributed by atoms with Crippen molar-refractivity contribution in [3.63, 3.8) is 0 Å². The largest absolute Gasteiger partial charge is 0.243 e. The zero-order valence-electron chi connectivity index (χ0n) is 15.4. The molecular formula is C19H22N4O2S. The standard InChI is InChI=1S/C19H22N4O2S/c1-5-15-6-8-16(9-7-15)26(24,25)22-10-17-18(11-22)21-23-14(4)12(2)13(3)20-19(17)23/h6-9H,5,10-11H2,1-4H3. The van der Waals surface area contributed by atoms with Gasteiger partial charge in [-0.15, -0.1) is 0 Å². The predicted octanol–water partition coefficient (Wildman–Crippen LogP) is 2.92. The highest BCUT2D eigenvalue weighted by Crippen LogP contribution is 2.31. The fourth-order valence-electron chi connectivity index (χ4n) is 3.40. The maximum Gasteiger partial charge on any atom is 0.243 e. The van der Waals surface area contributed by atoms with E-state index in [1.165, 1.54) is 4.31 Å². The Labute approximate surface area is 153 Å². The summed E-state index contributed by atoms with van der Waals surface area (Å²) in [5.74, 6) is 0. The molecule has 0 unspecified atom stereocenters. The summed E-state index contributed by atoms with van der Waals surface area (Å²) in [5.41, 5.74) is 6.69. The molecule has 1 aliphatic heterocycles. The van der Waals surface area contributed by atoms with Crippen LogP contribution in [0.15, 0.2) is 29.2 Å². The van der Waals surface area contributed by atoms with Crippen molar-refractivity contribution in [1.29, 1.82) is 0 Å². The first-order chi connectivity index (χ1) is 12.3. The van der Waals surface area contributed by atoms with Crippen LogP contribution in [0.3, 0.4) is 0 Å². The first-order valence-corrected chi connectivity index (χ1v) is 10.2. The summed E-state index contributed by atoms with van der Waals surface area (Å²) in [4.78, 5) is 4.99. The Morgan fingerprint density at radius 1 is 1.08 bits per heavy atom. The molecule has 0 bridgehead atoms. The van der Waals surface area contributed by atoms with E-state index in [0.29, 0.717) is 11.4 Å². The van der Waals surface area contributed by atoms with Gasteiger partial charge in [-0.25, -0.2) is 17.9 Å². The van der Waals surface area contributed by atoms with Crippen LogP contribution >= 0.6 is 0 Å². The molecule has 0 fully saturated rings. The first-order valence-electron chi connectivity index (χ1n) is 8.76. The van der Waals surface area contributed by atoms with E-state index in [1.807, 2.05) is 44.3 Å². The van der Waals surface area contributed by atoms with Gasteiger partial charge in [0.1, 0.15) is 0 Å². The summed E-state index contributed by atoms with van der Waals surface area (Å²) in [7, 11) is -3.54. The highest BCUT2D eigenvalue weighted by molar-refractivity contribution is 7.89. The molecule has 136 valence electrons. The van der Waals surface area contributed by atoms with Gasteiger partial charge >= 0.3 is 0 Å². The van der Waals surface area contributed by atoms with Gasteiger partial charge in [-0.1, -0.05) is 19.1 Å². The van der Waals surface area contributed by atoms with Crippen molar-refractivity contribution >= 4 is 15.7 Å². The van der Waals surface area contributed by atoms with Crippen LogP contribution in [0.1, 0.15) is 40.7 Å². The average Bonchev–Trinajstić information content (AvgIpc) is 3.19. The number of fused-ring (bicyclic) bond motifs is 3. The SMILES string of the molecule is CCc1ccc(S(=O)(=O)N2Cc3nn4c(C)c(C)c(C)nc4c3C2)cc1. The molecular weight excluding hydrogens is 348 g/mol. The quantitative estimate of drug-likeness (QED) is 0.711. The van der Waals surface area contributed by atoms with Crippen LogP contribution in [-0.2, 0) is 29.5 Å². The van der Waals surface area contributed by atoms with Gasteiger partial charge in [0.05, 0.1) is 17.1 Å². The third-order valence-electron chi connectivity index (χ3n) is 5.35. The average molecular weight is 370 g/mol. The van der Waals surface area contributed by atoms with Crippen molar-refractivity contribution in [2.24, 2.45) is 0 Å². The Morgan fingerprint density at radius 2 is 1.77 bits per heavy atom. The molecule has 1 aliphatic rings. The number of sulfonamides is 1. The van der Waals surface area contributed by atoms with Crippen molar-refractivity contribution in [1.82, 2.24) is 18.9 Å². The van der Waals surface area contributed by atoms with E-state index >= 15 is 0 Å². The van der Waals surface area contributed by atoms with Crippen LogP contribution in [0.4, 0.5) is 0 Å². The topological polar surface area (TPSA) is 67.6 Å². The second kappa shape index (κ2) is 5.89. The summed E-state index contributed by atoms with van der Waals surface area (Å²) < 4.78 is 29.3. The van der Waals surface area contributed by atoms with E-state index < -0.39 is 10.0 Å². The fourth-order valence-corrected chi connectivity index (χ4v) is 4.77. The lowest BCUT2D eigenvalue weighted by molar-refractivity contribution is 0.427. The highest BCUT2D eigenvalue weighted by atomic mass is 32.2. The van der Waals surface area contributed by atoms with Gasteiger partial charge in [0, 0.05) is 23.5 Å². The molecule has 4 rings (SSSR count). The lowest BCUT2D eigenvalue weighted by atomic mass is 10.2. The highest BCUT2D eigenvalue weighted by Gasteiger charge is 2.34. The summed E-state index contributed by atoms with van der Waals surface area (Å²) in [6.07, 6.45) is 0.885. The van der Waals surface area contributed by atoms with Crippen LogP contribution in [0.5, 0.6) is 0 Å². The monoisotopic (exact) mass is 370 g/mol. The zero-order valence-corrected chi connectivity index (χ0v) is 16.3. The number of aromatic nitrogens is 3. The second-order valence-electron chi connectivity index (χ2n) is 6.84. The molecule has 7 heteroatoms. The minimum absolute atomic E-state index is 0.286. The van der Waals surface area contributed by atoms with Gasteiger partial charge < -0.3 is 0 Å². The van der Waals surface area contributed by atoms with E-state index in [2.05, 4.69) is 10.1 Å². The van der Waals surface area contributed by atoms with Gasteiger partial charge in [0.15, 0.2) is 5.65 Å². The van der Waals surface area contributed by atoms with E-state index in [1.54, 1.807) is 12.1 Å². The zero-order chi connectivity index (χ0) is 18.6. The van der Waals surface area contributed by atoms with E-state index in [-0.39, 0.29) is 6.54 Å². The molecule has 0 saturated carbocycles. The normalized spacial score (nSPS) is 14.9. The van der Waals surface area contributed by atoms with Crippen molar-refractivity contribution in [3.05, 3.63) is 58.0 Å². The summed E-state index contributed by atoms with van der Waals surface area (Å²) in [6, 6.07) is 7.12. The predicted molar refractivity (Wildman–Crippen MR) is 99.5 cm³/mol. The van der Waals surface area contributed by atoms with Gasteiger partial charge in [-0.05, 0) is 50.5 Å². The van der Waals surface area contributed by atoms with Gasteiger partial charge in [0.2, 0.25) is 10.0 Å². The van der Waals surface area contributed by atoms with Crippen molar-refractivity contribution in [2.45, 2.75) is 52.1 Å². The van der Waals surface area contributed by atoms with Crippen LogP contribution < -0.4 is 0 Å². The van der Waals surface area contributed by atoms with Crippen LogP contribution in [0, 0.1) is 20.8 Å². The van der Waals surface area contributed by atoms with E-state index in [9.17, 15) is 8.42 Å². The second-order valence-corrected chi connectivity index (χ2v) is 8.78. The lowest BCUT2D eigenvalue weighted by Crippen LogP contribution is -2.26. The minimum atomic E-state index is -3.54. The molecule has 0 aliphatic carbocycles. The smallest absolute Gasteiger partial charge is 0.233 e. The molecule has 1 aromatic carbocycles. The Hall–Kier alpha value is -2.25. The maximum absolute atomic E-state index is 13.0. The Bertz CT molecular complexity index is 1110. The van der Waals surface area contributed by atoms with Crippen molar-refractivity contribution < 1.29 is 8.42 Å². The number of nitrogens with zero attached hydrogens (tertiary/aromatic N) is 4. The summed E-state index contributed by atoms with van der Waals surface area (Å²) in [5, 5.41) is 4.63. The molecule has 0 saturated heterocycles.